The fourth-order valence-electron chi connectivity index (χ4n) is 3.32. The Hall–Kier alpha value is -1.48. The third-order valence-corrected chi connectivity index (χ3v) is 4.59. The molecular weight excluding hydrogens is 274 g/mol. The van der Waals surface area contributed by atoms with Crippen LogP contribution in [0.3, 0.4) is 0 Å². The lowest BCUT2D eigenvalue weighted by atomic mass is 9.93. The van der Waals surface area contributed by atoms with Crippen molar-refractivity contribution in [1.29, 1.82) is 0 Å². The quantitative estimate of drug-likeness (QED) is 0.678. The molecule has 2 bridgehead atoms. The first-order valence-electron chi connectivity index (χ1n) is 6.97. The molecule has 1 N–H and O–H groups in total. The second-order valence-corrected chi connectivity index (χ2v) is 6.04. The lowest BCUT2D eigenvalue weighted by Gasteiger charge is -2.20. The van der Waals surface area contributed by atoms with Crippen LogP contribution in [0.15, 0.2) is 30.4 Å². The summed E-state index contributed by atoms with van der Waals surface area (Å²) in [6, 6.07) is 5.28. The van der Waals surface area contributed by atoms with Crippen LogP contribution >= 0.6 is 11.6 Å². The van der Waals surface area contributed by atoms with E-state index in [-0.39, 0.29) is 5.97 Å². The Kier molecular flexibility index (Phi) is 3.70. The van der Waals surface area contributed by atoms with Crippen LogP contribution in [0.1, 0.15) is 23.2 Å². The Labute approximate surface area is 124 Å². The summed E-state index contributed by atoms with van der Waals surface area (Å²) in [4.78, 5) is 11.8. The fourth-order valence-corrected chi connectivity index (χ4v) is 3.49. The monoisotopic (exact) mass is 291 g/mol. The van der Waals surface area contributed by atoms with Gasteiger partial charge in [0.15, 0.2) is 0 Å². The summed E-state index contributed by atoms with van der Waals surface area (Å²) in [5.74, 6) is 1.76. The maximum Gasteiger partial charge on any atom is 0.340 e. The van der Waals surface area contributed by atoms with Crippen molar-refractivity contribution in [1.82, 2.24) is 0 Å². The predicted molar refractivity (Wildman–Crippen MR) is 80.1 cm³/mol. The summed E-state index contributed by atoms with van der Waals surface area (Å²) in [7, 11) is 1.38. The molecule has 1 aromatic carbocycles. The predicted octanol–water partition coefficient (Wildman–Crippen LogP) is 3.75. The number of carbonyl (C=O) groups excluding carboxylic acids is 1. The second kappa shape index (κ2) is 5.49. The van der Waals surface area contributed by atoms with Crippen LogP contribution in [0.4, 0.5) is 5.69 Å². The molecule has 0 aliphatic heterocycles. The van der Waals surface area contributed by atoms with Gasteiger partial charge in [-0.05, 0) is 48.8 Å². The molecular formula is C16H18ClNO2. The number of hydrogen-bond acceptors (Lipinski definition) is 3. The Bertz CT molecular complexity index is 555. The Morgan fingerprint density at radius 3 is 2.90 bits per heavy atom. The van der Waals surface area contributed by atoms with E-state index in [0.717, 1.165) is 18.2 Å². The van der Waals surface area contributed by atoms with Gasteiger partial charge in [-0.25, -0.2) is 4.79 Å². The highest BCUT2D eigenvalue weighted by atomic mass is 35.5. The number of ether oxygens (including phenoxy) is 1. The average molecular weight is 292 g/mol. The van der Waals surface area contributed by atoms with Crippen LogP contribution in [-0.2, 0) is 4.74 Å². The molecule has 3 atom stereocenters. The van der Waals surface area contributed by atoms with Crippen molar-refractivity contribution >= 4 is 23.3 Å². The van der Waals surface area contributed by atoms with Crippen LogP contribution in [0.25, 0.3) is 0 Å². The minimum Gasteiger partial charge on any atom is -0.465 e. The molecule has 3 rings (SSSR count). The number of nitrogens with one attached hydrogen (secondary N) is 1. The number of benzene rings is 1. The van der Waals surface area contributed by atoms with E-state index in [1.54, 1.807) is 12.1 Å². The smallest absolute Gasteiger partial charge is 0.340 e. The summed E-state index contributed by atoms with van der Waals surface area (Å²) in [5, 5.41) is 3.93. The van der Waals surface area contributed by atoms with Crippen molar-refractivity contribution in [2.24, 2.45) is 17.8 Å². The highest BCUT2D eigenvalue weighted by Gasteiger charge is 2.35. The fraction of sp³-hybridized carbons (Fsp3) is 0.438. The van der Waals surface area contributed by atoms with E-state index in [9.17, 15) is 4.79 Å². The molecule has 106 valence electrons. The van der Waals surface area contributed by atoms with Crippen molar-refractivity contribution in [2.75, 3.05) is 19.0 Å². The van der Waals surface area contributed by atoms with Crippen molar-refractivity contribution in [3.05, 3.63) is 40.9 Å². The van der Waals surface area contributed by atoms with E-state index in [2.05, 4.69) is 17.5 Å². The van der Waals surface area contributed by atoms with Gasteiger partial charge in [0.1, 0.15) is 0 Å². The third kappa shape index (κ3) is 2.55. The van der Waals surface area contributed by atoms with E-state index in [4.69, 9.17) is 16.3 Å². The summed E-state index contributed by atoms with van der Waals surface area (Å²) < 4.78 is 4.80. The standard InChI is InChI=1S/C16H18ClNO2/c1-20-16(19)14-8-13(17)4-5-15(14)18-9-12-7-10-2-3-11(12)6-10/h2-5,8,10-12,18H,6-7,9H2,1H3. The van der Waals surface area contributed by atoms with Crippen molar-refractivity contribution < 1.29 is 9.53 Å². The maximum absolute atomic E-state index is 11.8. The van der Waals surface area contributed by atoms with E-state index >= 15 is 0 Å². The molecule has 2 aliphatic carbocycles. The van der Waals surface area contributed by atoms with Gasteiger partial charge in [-0.1, -0.05) is 23.8 Å². The number of halogens is 1. The van der Waals surface area contributed by atoms with Gasteiger partial charge in [-0.2, -0.15) is 0 Å². The van der Waals surface area contributed by atoms with Crippen LogP contribution in [0.5, 0.6) is 0 Å². The first-order chi connectivity index (χ1) is 9.67. The van der Waals surface area contributed by atoms with Gasteiger partial charge >= 0.3 is 5.97 Å². The Morgan fingerprint density at radius 1 is 1.40 bits per heavy atom. The van der Waals surface area contributed by atoms with E-state index < -0.39 is 0 Å². The van der Waals surface area contributed by atoms with Crippen LogP contribution in [0.2, 0.25) is 5.02 Å². The maximum atomic E-state index is 11.8. The van der Waals surface area contributed by atoms with Gasteiger partial charge in [0, 0.05) is 17.3 Å². The third-order valence-electron chi connectivity index (χ3n) is 4.36. The average Bonchev–Trinajstić information content (AvgIpc) is 3.07. The normalized spacial score (nSPS) is 26.8. The zero-order chi connectivity index (χ0) is 14.1. The number of anilines is 1. The number of allylic oxidation sites excluding steroid dienone is 2. The summed E-state index contributed by atoms with van der Waals surface area (Å²) in [6.45, 7) is 0.886. The van der Waals surface area contributed by atoms with Gasteiger partial charge < -0.3 is 10.1 Å². The minimum atomic E-state index is -0.358. The molecule has 2 aliphatic rings. The molecule has 1 saturated carbocycles. The van der Waals surface area contributed by atoms with E-state index in [0.29, 0.717) is 22.4 Å². The number of methoxy groups -OCH3 is 1. The van der Waals surface area contributed by atoms with Crippen LogP contribution in [0, 0.1) is 17.8 Å². The molecule has 20 heavy (non-hydrogen) atoms. The van der Waals surface area contributed by atoms with Gasteiger partial charge in [0.25, 0.3) is 0 Å². The Balaban J connectivity index is 1.71. The van der Waals surface area contributed by atoms with Crippen LogP contribution in [-0.4, -0.2) is 19.6 Å². The van der Waals surface area contributed by atoms with Gasteiger partial charge in [0.2, 0.25) is 0 Å². The molecule has 1 fully saturated rings. The van der Waals surface area contributed by atoms with E-state index in [1.807, 2.05) is 6.07 Å². The molecule has 0 heterocycles. The molecule has 0 spiro atoms. The first kappa shape index (κ1) is 13.5. The summed E-state index contributed by atoms with van der Waals surface area (Å²) in [5.41, 5.74) is 1.30. The lowest BCUT2D eigenvalue weighted by Crippen LogP contribution is -2.19. The van der Waals surface area contributed by atoms with E-state index in [1.165, 1.54) is 20.0 Å². The number of hydrogen-bond donors (Lipinski definition) is 1. The largest absolute Gasteiger partial charge is 0.465 e. The molecule has 1 aromatic rings. The van der Waals surface area contributed by atoms with Crippen LogP contribution < -0.4 is 5.32 Å². The number of rotatable bonds is 4. The minimum absolute atomic E-state index is 0.358. The highest BCUT2D eigenvalue weighted by molar-refractivity contribution is 6.31. The molecule has 0 amide bonds. The second-order valence-electron chi connectivity index (χ2n) is 5.60. The molecule has 3 nitrogen and oxygen atoms in total. The number of esters is 1. The van der Waals surface area contributed by atoms with Crippen molar-refractivity contribution in [2.45, 2.75) is 12.8 Å². The molecule has 3 unspecified atom stereocenters. The highest BCUT2D eigenvalue weighted by Crippen LogP contribution is 2.43. The topological polar surface area (TPSA) is 38.3 Å². The SMILES string of the molecule is COC(=O)c1cc(Cl)ccc1NCC1CC2C=CC1C2. The Morgan fingerprint density at radius 2 is 2.25 bits per heavy atom. The van der Waals surface area contributed by atoms with Gasteiger partial charge in [-0.15, -0.1) is 0 Å². The number of carbonyl (C=O) groups is 1. The van der Waals surface area contributed by atoms with Crippen molar-refractivity contribution in [3.8, 4) is 0 Å². The summed E-state index contributed by atoms with van der Waals surface area (Å²) >= 11 is 5.95. The summed E-state index contributed by atoms with van der Waals surface area (Å²) in [6.07, 6.45) is 7.21. The van der Waals surface area contributed by atoms with Gasteiger partial charge in [0.05, 0.1) is 12.7 Å². The molecule has 0 saturated heterocycles. The first-order valence-corrected chi connectivity index (χ1v) is 7.35. The zero-order valence-electron chi connectivity index (χ0n) is 11.4. The zero-order valence-corrected chi connectivity index (χ0v) is 12.2. The molecule has 4 heteroatoms. The van der Waals surface area contributed by atoms with Gasteiger partial charge in [-0.3, -0.25) is 0 Å². The molecule has 0 radical (unpaired) electrons. The van der Waals surface area contributed by atoms with Crippen molar-refractivity contribution in [3.63, 3.8) is 0 Å². The number of fused-ring (bicyclic) bond motifs is 2. The lowest BCUT2D eigenvalue weighted by molar-refractivity contribution is 0.0602. The molecule has 0 aromatic heterocycles.